The lowest BCUT2D eigenvalue weighted by molar-refractivity contribution is -0.111. The first-order chi connectivity index (χ1) is 13.1. The van der Waals surface area contributed by atoms with Gasteiger partial charge in [0.2, 0.25) is 11.8 Å². The molecule has 0 saturated heterocycles. The molecule has 4 rings (SSSR count). The van der Waals surface area contributed by atoms with E-state index in [0.29, 0.717) is 44.0 Å². The molecule has 0 radical (unpaired) electrons. The van der Waals surface area contributed by atoms with Gasteiger partial charge in [-0.1, -0.05) is 23.2 Å². The normalized spacial score (nSPS) is 11.3. The second-order valence-corrected chi connectivity index (χ2v) is 6.51. The number of furan rings is 1. The number of carbonyl (C=O) groups excluding carboxylic acids is 1. The fourth-order valence-electron chi connectivity index (χ4n) is 2.51. The van der Waals surface area contributed by atoms with Gasteiger partial charge < -0.3 is 14.2 Å². The molecule has 0 aliphatic carbocycles. The van der Waals surface area contributed by atoms with Gasteiger partial charge in [0.15, 0.2) is 5.58 Å². The predicted molar refractivity (Wildman–Crippen MR) is 106 cm³/mol. The molecule has 5 nitrogen and oxygen atoms in total. The van der Waals surface area contributed by atoms with E-state index in [2.05, 4.69) is 10.3 Å². The Morgan fingerprint density at radius 3 is 2.78 bits per heavy atom. The van der Waals surface area contributed by atoms with Crippen LogP contribution in [0.3, 0.4) is 0 Å². The highest BCUT2D eigenvalue weighted by Gasteiger charge is 2.12. The summed E-state index contributed by atoms with van der Waals surface area (Å²) in [6, 6.07) is 13.8. The highest BCUT2D eigenvalue weighted by Crippen LogP contribution is 2.32. The number of halogens is 2. The molecular weight excluding hydrogens is 387 g/mol. The molecule has 2 aromatic heterocycles. The topological polar surface area (TPSA) is 68.3 Å². The Kier molecular flexibility index (Phi) is 4.71. The smallest absolute Gasteiger partial charge is 0.248 e. The van der Waals surface area contributed by atoms with Crippen LogP contribution in [0.2, 0.25) is 10.0 Å². The molecule has 134 valence electrons. The Morgan fingerprint density at radius 1 is 1.11 bits per heavy atom. The van der Waals surface area contributed by atoms with Gasteiger partial charge in [-0.2, -0.15) is 0 Å². The monoisotopic (exact) mass is 398 g/mol. The first-order valence-electron chi connectivity index (χ1n) is 7.97. The molecule has 0 spiro atoms. The number of oxazole rings is 1. The predicted octanol–water partition coefficient (Wildman–Crippen LogP) is 6.05. The fourth-order valence-corrected chi connectivity index (χ4v) is 3.00. The largest absolute Gasteiger partial charge is 0.465 e. The zero-order valence-corrected chi connectivity index (χ0v) is 15.3. The van der Waals surface area contributed by atoms with E-state index in [0.717, 1.165) is 0 Å². The molecule has 1 N–H and O–H groups in total. The molecule has 0 aliphatic heterocycles. The lowest BCUT2D eigenvalue weighted by Gasteiger charge is -2.00. The van der Waals surface area contributed by atoms with Crippen molar-refractivity contribution in [1.29, 1.82) is 0 Å². The van der Waals surface area contributed by atoms with E-state index < -0.39 is 0 Å². The average Bonchev–Trinajstić information content (AvgIpc) is 3.29. The van der Waals surface area contributed by atoms with Crippen molar-refractivity contribution in [2.24, 2.45) is 0 Å². The molecule has 2 aromatic carbocycles. The first kappa shape index (κ1) is 17.4. The van der Waals surface area contributed by atoms with Gasteiger partial charge in [-0.25, -0.2) is 4.98 Å². The van der Waals surface area contributed by atoms with E-state index in [9.17, 15) is 4.79 Å². The third kappa shape index (κ3) is 3.89. The first-order valence-corrected chi connectivity index (χ1v) is 8.73. The lowest BCUT2D eigenvalue weighted by atomic mass is 10.2. The van der Waals surface area contributed by atoms with Gasteiger partial charge in [0.05, 0.1) is 16.8 Å². The zero-order valence-electron chi connectivity index (χ0n) is 13.8. The number of fused-ring (bicyclic) bond motifs is 1. The summed E-state index contributed by atoms with van der Waals surface area (Å²) < 4.78 is 10.9. The van der Waals surface area contributed by atoms with E-state index in [-0.39, 0.29) is 5.91 Å². The van der Waals surface area contributed by atoms with Gasteiger partial charge in [0.25, 0.3) is 0 Å². The van der Waals surface area contributed by atoms with Crippen LogP contribution < -0.4 is 5.32 Å². The summed E-state index contributed by atoms with van der Waals surface area (Å²) in [7, 11) is 0. The number of nitrogens with one attached hydrogen (secondary N) is 1. The number of anilines is 1. The molecule has 0 aliphatic rings. The maximum atomic E-state index is 12.0. The minimum atomic E-state index is -0.282. The van der Waals surface area contributed by atoms with Crippen LogP contribution in [0.15, 0.2) is 69.7 Å². The van der Waals surface area contributed by atoms with Crippen LogP contribution in [0.1, 0.15) is 5.76 Å². The average molecular weight is 399 g/mol. The Morgan fingerprint density at radius 2 is 2.00 bits per heavy atom. The van der Waals surface area contributed by atoms with E-state index in [1.54, 1.807) is 60.9 Å². The van der Waals surface area contributed by atoms with Crippen LogP contribution in [0.25, 0.3) is 28.6 Å². The third-order valence-corrected chi connectivity index (χ3v) is 4.31. The van der Waals surface area contributed by atoms with Crippen LogP contribution in [0.5, 0.6) is 0 Å². The van der Waals surface area contributed by atoms with Crippen LogP contribution in [-0.2, 0) is 4.79 Å². The number of hydrogen-bond acceptors (Lipinski definition) is 4. The summed E-state index contributed by atoms with van der Waals surface area (Å²) in [4.78, 5) is 16.5. The minimum absolute atomic E-state index is 0.282. The molecule has 2 heterocycles. The number of carbonyl (C=O) groups is 1. The van der Waals surface area contributed by atoms with Crippen LogP contribution in [0.4, 0.5) is 5.69 Å². The van der Waals surface area contributed by atoms with Gasteiger partial charge >= 0.3 is 0 Å². The molecule has 27 heavy (non-hydrogen) atoms. The second kappa shape index (κ2) is 7.31. The van der Waals surface area contributed by atoms with Crippen molar-refractivity contribution in [3.8, 4) is 11.5 Å². The van der Waals surface area contributed by atoms with Gasteiger partial charge in [-0.05, 0) is 54.6 Å². The fraction of sp³-hybridized carbons (Fsp3) is 0. The Balaban J connectivity index is 1.56. The van der Waals surface area contributed by atoms with Crippen molar-refractivity contribution in [3.05, 3.63) is 76.7 Å². The molecule has 0 saturated carbocycles. The van der Waals surface area contributed by atoms with Crippen LogP contribution in [-0.4, -0.2) is 10.9 Å². The Labute approximate surface area is 164 Å². The standard InChI is InChI=1S/C20H12Cl2N2O3/c21-12-3-6-15(16(22)10-12)20-24-17-11-13(4-7-18(17)27-20)23-19(25)8-5-14-2-1-9-26-14/h1-11H,(H,23,25). The molecule has 1 amide bonds. The molecule has 4 aromatic rings. The van der Waals surface area contributed by atoms with Crippen molar-refractivity contribution < 1.29 is 13.6 Å². The molecule has 0 fully saturated rings. The lowest BCUT2D eigenvalue weighted by Crippen LogP contribution is -2.07. The molecular formula is C20H12Cl2N2O3. The Bertz CT molecular complexity index is 1150. The SMILES string of the molecule is O=C(C=Cc1ccco1)Nc1ccc2oc(-c3ccc(Cl)cc3Cl)nc2c1. The minimum Gasteiger partial charge on any atom is -0.465 e. The number of rotatable bonds is 4. The van der Waals surface area contributed by atoms with E-state index in [4.69, 9.17) is 32.0 Å². The second-order valence-electron chi connectivity index (χ2n) is 5.66. The quantitative estimate of drug-likeness (QED) is 0.425. The van der Waals surface area contributed by atoms with Crippen LogP contribution in [0, 0.1) is 0 Å². The van der Waals surface area contributed by atoms with Crippen molar-refractivity contribution >= 4 is 52.0 Å². The molecule has 0 unspecified atom stereocenters. The maximum absolute atomic E-state index is 12.0. The Hall–Kier alpha value is -3.02. The van der Waals surface area contributed by atoms with Crippen molar-refractivity contribution in [2.45, 2.75) is 0 Å². The highest BCUT2D eigenvalue weighted by molar-refractivity contribution is 6.36. The molecule has 7 heteroatoms. The third-order valence-electron chi connectivity index (χ3n) is 3.76. The van der Waals surface area contributed by atoms with Crippen LogP contribution >= 0.6 is 23.2 Å². The number of hydrogen-bond donors (Lipinski definition) is 1. The molecule has 0 atom stereocenters. The summed E-state index contributed by atoms with van der Waals surface area (Å²) in [5.74, 6) is 0.699. The van der Waals surface area contributed by atoms with Gasteiger partial charge in [-0.3, -0.25) is 4.79 Å². The summed E-state index contributed by atoms with van der Waals surface area (Å²) in [6.07, 6.45) is 4.52. The number of nitrogens with zero attached hydrogens (tertiary/aromatic N) is 1. The van der Waals surface area contributed by atoms with Gasteiger partial charge in [0.1, 0.15) is 11.3 Å². The zero-order chi connectivity index (χ0) is 18.8. The number of benzene rings is 2. The highest BCUT2D eigenvalue weighted by atomic mass is 35.5. The summed E-state index contributed by atoms with van der Waals surface area (Å²) in [5, 5.41) is 3.76. The van der Waals surface area contributed by atoms with Crippen molar-refractivity contribution in [1.82, 2.24) is 4.98 Å². The maximum Gasteiger partial charge on any atom is 0.248 e. The summed E-state index contributed by atoms with van der Waals surface area (Å²) in [6.45, 7) is 0. The summed E-state index contributed by atoms with van der Waals surface area (Å²) >= 11 is 12.1. The van der Waals surface area contributed by atoms with E-state index >= 15 is 0 Å². The van der Waals surface area contributed by atoms with Gasteiger partial charge in [0, 0.05) is 16.8 Å². The van der Waals surface area contributed by atoms with Crippen molar-refractivity contribution in [2.75, 3.05) is 5.32 Å². The van der Waals surface area contributed by atoms with E-state index in [1.165, 1.54) is 6.08 Å². The molecule has 0 bridgehead atoms. The van der Waals surface area contributed by atoms with Gasteiger partial charge in [-0.15, -0.1) is 0 Å². The number of aromatic nitrogens is 1. The van der Waals surface area contributed by atoms with E-state index in [1.807, 2.05) is 0 Å². The van der Waals surface area contributed by atoms with Crippen molar-refractivity contribution in [3.63, 3.8) is 0 Å². The summed E-state index contributed by atoms with van der Waals surface area (Å²) in [5.41, 5.74) is 2.42. The number of amides is 1.